The van der Waals surface area contributed by atoms with E-state index < -0.39 is 0 Å². The zero-order valence-electron chi connectivity index (χ0n) is 8.39. The summed E-state index contributed by atoms with van der Waals surface area (Å²) in [7, 11) is 0. The molecule has 15 heavy (non-hydrogen) atoms. The Labute approximate surface area is 93.3 Å². The van der Waals surface area contributed by atoms with Crippen molar-refractivity contribution in [2.75, 3.05) is 12.4 Å². The monoisotopic (exact) mass is 222 g/mol. The molecule has 3 rings (SSSR count). The summed E-state index contributed by atoms with van der Waals surface area (Å²) >= 11 is 1.89. The van der Waals surface area contributed by atoms with Crippen LogP contribution in [0.15, 0.2) is 18.2 Å². The van der Waals surface area contributed by atoms with Crippen molar-refractivity contribution >= 4 is 11.8 Å². The minimum atomic E-state index is 0.281. The third-order valence-corrected chi connectivity index (χ3v) is 4.89. The Morgan fingerprint density at radius 2 is 2.27 bits per heavy atom. The molecule has 1 aromatic carbocycles. The molecule has 2 aliphatic carbocycles. The van der Waals surface area contributed by atoms with Gasteiger partial charge in [-0.1, -0.05) is 6.07 Å². The number of hydrogen-bond acceptors (Lipinski definition) is 3. The Hall–Kier alpha value is -0.670. The first-order valence-electron chi connectivity index (χ1n) is 5.35. The van der Waals surface area contributed by atoms with Gasteiger partial charge in [-0.05, 0) is 35.6 Å². The highest BCUT2D eigenvalue weighted by Gasteiger charge is 2.55. The Morgan fingerprint density at radius 1 is 1.40 bits per heavy atom. The third-order valence-electron chi connectivity index (χ3n) is 3.44. The maximum atomic E-state index is 9.37. The van der Waals surface area contributed by atoms with E-state index in [4.69, 9.17) is 5.11 Å². The van der Waals surface area contributed by atoms with E-state index in [-0.39, 0.29) is 6.61 Å². The van der Waals surface area contributed by atoms with Crippen LogP contribution >= 0.6 is 11.8 Å². The van der Waals surface area contributed by atoms with Crippen LogP contribution in [0.25, 0.3) is 0 Å². The summed E-state index contributed by atoms with van der Waals surface area (Å²) in [5.74, 6) is 2.69. The average molecular weight is 222 g/mol. The summed E-state index contributed by atoms with van der Waals surface area (Å²) in [4.78, 5) is 0. The topological polar surface area (TPSA) is 40.5 Å². The lowest BCUT2D eigenvalue weighted by Crippen LogP contribution is -1.97. The molecule has 0 spiro atoms. The first-order chi connectivity index (χ1) is 7.31. The molecule has 80 valence electrons. The van der Waals surface area contributed by atoms with Crippen LogP contribution in [0.5, 0.6) is 5.75 Å². The van der Waals surface area contributed by atoms with Crippen molar-refractivity contribution in [1.82, 2.24) is 0 Å². The zero-order valence-corrected chi connectivity index (χ0v) is 9.20. The molecule has 1 saturated carbocycles. The summed E-state index contributed by atoms with van der Waals surface area (Å²) in [6.45, 7) is 0.281. The van der Waals surface area contributed by atoms with Gasteiger partial charge in [0.25, 0.3) is 0 Å². The summed E-state index contributed by atoms with van der Waals surface area (Å²) < 4.78 is 0. The molecule has 2 N–H and O–H groups in total. The van der Waals surface area contributed by atoms with E-state index in [0.717, 1.165) is 18.1 Å². The molecule has 0 amide bonds. The highest BCUT2D eigenvalue weighted by Crippen LogP contribution is 2.62. The number of aliphatic hydroxyl groups excluding tert-OH is 1. The normalized spacial score (nSPS) is 31.1. The molecule has 0 heterocycles. The first-order valence-corrected chi connectivity index (χ1v) is 6.40. The molecule has 3 unspecified atom stereocenters. The Morgan fingerprint density at radius 3 is 3.07 bits per heavy atom. The van der Waals surface area contributed by atoms with Gasteiger partial charge in [0, 0.05) is 16.9 Å². The fourth-order valence-corrected chi connectivity index (χ4v) is 4.11. The molecule has 0 saturated heterocycles. The predicted octanol–water partition coefficient (Wildman–Crippen LogP) is 1.76. The summed E-state index contributed by atoms with van der Waals surface area (Å²) in [5.41, 5.74) is 2.75. The molecule has 2 nitrogen and oxygen atoms in total. The standard InChI is InChI=1S/C12H14O2S/c13-3-4-15-12-10-6-7-5-8(14)1-2-9(7)11(10)12/h1-2,5,10-14H,3-4,6H2. The van der Waals surface area contributed by atoms with Gasteiger partial charge < -0.3 is 10.2 Å². The van der Waals surface area contributed by atoms with E-state index in [1.165, 1.54) is 11.1 Å². The number of thioether (sulfide) groups is 1. The van der Waals surface area contributed by atoms with Crippen LogP contribution in [0.1, 0.15) is 17.0 Å². The van der Waals surface area contributed by atoms with Crippen LogP contribution in [-0.4, -0.2) is 27.8 Å². The van der Waals surface area contributed by atoms with E-state index in [1.807, 2.05) is 17.8 Å². The minimum absolute atomic E-state index is 0.281. The molecule has 0 aliphatic heterocycles. The van der Waals surface area contributed by atoms with Crippen molar-refractivity contribution < 1.29 is 10.2 Å². The van der Waals surface area contributed by atoms with Crippen molar-refractivity contribution in [2.24, 2.45) is 5.92 Å². The molecule has 3 heteroatoms. The lowest BCUT2D eigenvalue weighted by molar-refractivity contribution is 0.322. The van der Waals surface area contributed by atoms with Gasteiger partial charge in [0.15, 0.2) is 0 Å². The number of fused-ring (bicyclic) bond motifs is 3. The summed E-state index contributed by atoms with van der Waals surface area (Å²) in [6, 6.07) is 5.75. The average Bonchev–Trinajstić information content (AvgIpc) is 2.75. The molecule has 0 radical (unpaired) electrons. The lowest BCUT2D eigenvalue weighted by Gasteiger charge is -2.07. The molecule has 2 aliphatic rings. The second-order valence-corrected chi connectivity index (χ2v) is 5.62. The van der Waals surface area contributed by atoms with Gasteiger partial charge in [-0.3, -0.25) is 0 Å². The van der Waals surface area contributed by atoms with Crippen LogP contribution in [-0.2, 0) is 6.42 Å². The second-order valence-electron chi connectivity index (χ2n) is 4.34. The fraction of sp³-hybridized carbons (Fsp3) is 0.500. The van der Waals surface area contributed by atoms with Crippen molar-refractivity contribution in [3.8, 4) is 5.75 Å². The molecular formula is C12H14O2S. The van der Waals surface area contributed by atoms with Gasteiger partial charge >= 0.3 is 0 Å². The van der Waals surface area contributed by atoms with Gasteiger partial charge in [-0.25, -0.2) is 0 Å². The van der Waals surface area contributed by atoms with Crippen molar-refractivity contribution in [3.63, 3.8) is 0 Å². The largest absolute Gasteiger partial charge is 0.508 e. The Kier molecular flexibility index (Phi) is 2.18. The minimum Gasteiger partial charge on any atom is -0.508 e. The van der Waals surface area contributed by atoms with Crippen LogP contribution in [0, 0.1) is 5.92 Å². The fourth-order valence-electron chi connectivity index (χ4n) is 2.76. The maximum absolute atomic E-state index is 9.37. The highest BCUT2D eigenvalue weighted by atomic mass is 32.2. The molecule has 1 aromatic rings. The molecule has 3 atom stereocenters. The number of benzene rings is 1. The molecule has 0 aromatic heterocycles. The molecule has 0 bridgehead atoms. The van der Waals surface area contributed by atoms with Crippen molar-refractivity contribution in [1.29, 1.82) is 0 Å². The first kappa shape index (κ1) is 9.55. The lowest BCUT2D eigenvalue weighted by atomic mass is 10.1. The van der Waals surface area contributed by atoms with Crippen LogP contribution in [0.4, 0.5) is 0 Å². The molecule has 1 fully saturated rings. The number of phenolic OH excluding ortho intramolecular Hbond substituents is 1. The third kappa shape index (κ3) is 1.45. The number of phenols is 1. The van der Waals surface area contributed by atoms with Gasteiger partial charge in [-0.15, -0.1) is 0 Å². The summed E-state index contributed by atoms with van der Waals surface area (Å²) in [6.07, 6.45) is 1.11. The zero-order chi connectivity index (χ0) is 10.4. The van der Waals surface area contributed by atoms with Gasteiger partial charge in [0.2, 0.25) is 0 Å². The second kappa shape index (κ2) is 3.42. The number of rotatable bonds is 3. The van der Waals surface area contributed by atoms with E-state index in [2.05, 4.69) is 6.07 Å². The SMILES string of the molecule is OCCSC1C2Cc3cc(O)ccc3C21. The van der Waals surface area contributed by atoms with Crippen LogP contribution < -0.4 is 0 Å². The van der Waals surface area contributed by atoms with Crippen molar-refractivity contribution in [3.05, 3.63) is 29.3 Å². The number of aromatic hydroxyl groups is 1. The van der Waals surface area contributed by atoms with E-state index in [9.17, 15) is 5.11 Å². The Balaban J connectivity index is 1.76. The quantitative estimate of drug-likeness (QED) is 0.818. The van der Waals surface area contributed by atoms with E-state index in [1.54, 1.807) is 6.07 Å². The van der Waals surface area contributed by atoms with Crippen LogP contribution in [0.3, 0.4) is 0 Å². The van der Waals surface area contributed by atoms with Crippen LogP contribution in [0.2, 0.25) is 0 Å². The molecular weight excluding hydrogens is 208 g/mol. The van der Waals surface area contributed by atoms with Gasteiger partial charge in [0.05, 0.1) is 6.61 Å². The predicted molar refractivity (Wildman–Crippen MR) is 61.4 cm³/mol. The van der Waals surface area contributed by atoms with Crippen molar-refractivity contribution in [2.45, 2.75) is 17.6 Å². The van der Waals surface area contributed by atoms with Gasteiger partial charge in [0.1, 0.15) is 5.75 Å². The van der Waals surface area contributed by atoms with E-state index in [0.29, 0.717) is 16.9 Å². The maximum Gasteiger partial charge on any atom is 0.115 e. The Bertz CT molecular complexity index is 391. The van der Waals surface area contributed by atoms with Gasteiger partial charge in [-0.2, -0.15) is 11.8 Å². The smallest absolute Gasteiger partial charge is 0.115 e. The van der Waals surface area contributed by atoms with E-state index >= 15 is 0 Å². The number of hydrogen-bond donors (Lipinski definition) is 2. The number of aliphatic hydroxyl groups is 1. The summed E-state index contributed by atoms with van der Waals surface area (Å²) in [5, 5.41) is 18.9. The highest BCUT2D eigenvalue weighted by molar-refractivity contribution is 8.00.